The first-order valence-corrected chi connectivity index (χ1v) is 4.53. The monoisotopic (exact) mass is 177 g/mol. The number of carbonyl (C=O) groups excluding carboxylic acids is 1. The molecule has 13 heavy (non-hydrogen) atoms. The zero-order valence-corrected chi connectivity index (χ0v) is 8.32. The normalized spacial score (nSPS) is 12.9. The van der Waals surface area contributed by atoms with Gasteiger partial charge >= 0.3 is 0 Å². The molecule has 0 bridgehead atoms. The van der Waals surface area contributed by atoms with Crippen LogP contribution in [0.1, 0.15) is 31.0 Å². The Morgan fingerprint density at radius 1 is 1.38 bits per heavy atom. The van der Waals surface area contributed by atoms with Crippen molar-refractivity contribution in [3.63, 3.8) is 0 Å². The van der Waals surface area contributed by atoms with Gasteiger partial charge in [-0.3, -0.25) is 4.98 Å². The van der Waals surface area contributed by atoms with E-state index in [2.05, 4.69) is 4.98 Å². The van der Waals surface area contributed by atoms with Gasteiger partial charge in [0.1, 0.15) is 6.29 Å². The van der Waals surface area contributed by atoms with E-state index < -0.39 is 0 Å². The molecule has 1 aromatic heterocycles. The summed E-state index contributed by atoms with van der Waals surface area (Å²) in [7, 11) is 0. The number of hydrogen-bond acceptors (Lipinski definition) is 2. The molecule has 70 valence electrons. The van der Waals surface area contributed by atoms with Crippen LogP contribution in [0, 0.1) is 12.8 Å². The third-order valence-electron chi connectivity index (χ3n) is 2.18. The zero-order valence-electron chi connectivity index (χ0n) is 8.32. The number of pyridine rings is 1. The lowest BCUT2D eigenvalue weighted by atomic mass is 9.91. The standard InChI is InChI=1S/C11H15NO/c1-8(2)11(7-13)10-5-4-9(3)12-6-10/h4-8,11H,1-3H3. The van der Waals surface area contributed by atoms with E-state index in [9.17, 15) is 4.79 Å². The summed E-state index contributed by atoms with van der Waals surface area (Å²) in [5, 5.41) is 0. The van der Waals surface area contributed by atoms with Gasteiger partial charge in [0.2, 0.25) is 0 Å². The molecule has 0 aliphatic heterocycles. The molecule has 0 amide bonds. The minimum atomic E-state index is -0.0203. The highest BCUT2D eigenvalue weighted by Gasteiger charge is 2.14. The summed E-state index contributed by atoms with van der Waals surface area (Å²) in [5.41, 5.74) is 1.99. The van der Waals surface area contributed by atoms with E-state index in [1.54, 1.807) is 6.20 Å². The predicted molar refractivity (Wildman–Crippen MR) is 52.6 cm³/mol. The van der Waals surface area contributed by atoms with Gasteiger partial charge in [-0.15, -0.1) is 0 Å². The van der Waals surface area contributed by atoms with Gasteiger partial charge in [0, 0.05) is 17.8 Å². The Balaban J connectivity index is 2.92. The van der Waals surface area contributed by atoms with Gasteiger partial charge in [0.05, 0.1) is 0 Å². The summed E-state index contributed by atoms with van der Waals surface area (Å²) < 4.78 is 0. The van der Waals surface area contributed by atoms with Crippen molar-refractivity contribution < 1.29 is 4.79 Å². The minimum Gasteiger partial charge on any atom is -0.303 e. The summed E-state index contributed by atoms with van der Waals surface area (Å²) >= 11 is 0. The Hall–Kier alpha value is -1.18. The van der Waals surface area contributed by atoms with Gasteiger partial charge in [-0.25, -0.2) is 0 Å². The summed E-state index contributed by atoms with van der Waals surface area (Å²) in [4.78, 5) is 15.0. The van der Waals surface area contributed by atoms with Gasteiger partial charge in [-0.05, 0) is 24.5 Å². The maximum absolute atomic E-state index is 10.8. The van der Waals surface area contributed by atoms with Crippen LogP contribution in [0.3, 0.4) is 0 Å². The molecule has 0 fully saturated rings. The second-order valence-electron chi connectivity index (χ2n) is 3.64. The van der Waals surface area contributed by atoms with Crippen LogP contribution in [0.2, 0.25) is 0 Å². The maximum atomic E-state index is 10.8. The largest absolute Gasteiger partial charge is 0.303 e. The smallest absolute Gasteiger partial charge is 0.127 e. The molecule has 0 saturated carbocycles. The Bertz CT molecular complexity index is 277. The summed E-state index contributed by atoms with van der Waals surface area (Å²) in [5.74, 6) is 0.315. The number of aldehydes is 1. The van der Waals surface area contributed by atoms with Crippen molar-refractivity contribution in [2.24, 2.45) is 5.92 Å². The van der Waals surface area contributed by atoms with E-state index in [-0.39, 0.29) is 5.92 Å². The molecule has 1 heterocycles. The fourth-order valence-corrected chi connectivity index (χ4v) is 1.30. The van der Waals surface area contributed by atoms with E-state index in [0.29, 0.717) is 5.92 Å². The van der Waals surface area contributed by atoms with Crippen molar-refractivity contribution in [1.82, 2.24) is 4.98 Å². The first kappa shape index (κ1) is 9.90. The highest BCUT2D eigenvalue weighted by molar-refractivity contribution is 5.62. The molecular formula is C11H15NO. The van der Waals surface area contributed by atoms with Gasteiger partial charge in [0.25, 0.3) is 0 Å². The average Bonchev–Trinajstić information content (AvgIpc) is 2.09. The van der Waals surface area contributed by atoms with Crippen molar-refractivity contribution in [1.29, 1.82) is 0 Å². The minimum absolute atomic E-state index is 0.0203. The molecule has 1 rings (SSSR count). The van der Waals surface area contributed by atoms with Crippen LogP contribution in [0.5, 0.6) is 0 Å². The van der Waals surface area contributed by atoms with Crippen LogP contribution < -0.4 is 0 Å². The van der Waals surface area contributed by atoms with Gasteiger partial charge in [-0.2, -0.15) is 0 Å². The molecule has 1 aromatic rings. The number of aromatic nitrogens is 1. The zero-order chi connectivity index (χ0) is 9.84. The first-order chi connectivity index (χ1) is 6.15. The van der Waals surface area contributed by atoms with E-state index >= 15 is 0 Å². The molecule has 1 atom stereocenters. The fourth-order valence-electron chi connectivity index (χ4n) is 1.30. The maximum Gasteiger partial charge on any atom is 0.127 e. The lowest BCUT2D eigenvalue weighted by molar-refractivity contribution is -0.109. The van der Waals surface area contributed by atoms with Crippen molar-refractivity contribution in [2.45, 2.75) is 26.7 Å². The number of hydrogen-bond donors (Lipinski definition) is 0. The fraction of sp³-hybridized carbons (Fsp3) is 0.455. The molecule has 0 saturated heterocycles. The molecule has 0 aliphatic rings. The SMILES string of the molecule is Cc1ccc(C(C=O)C(C)C)cn1. The lowest BCUT2D eigenvalue weighted by Crippen LogP contribution is -2.08. The Morgan fingerprint density at radius 3 is 2.46 bits per heavy atom. The van der Waals surface area contributed by atoms with E-state index in [0.717, 1.165) is 17.5 Å². The van der Waals surface area contributed by atoms with Gasteiger partial charge in [-0.1, -0.05) is 19.9 Å². The molecule has 0 N–H and O–H groups in total. The number of nitrogens with zero attached hydrogens (tertiary/aromatic N) is 1. The Morgan fingerprint density at radius 2 is 2.08 bits per heavy atom. The van der Waals surface area contributed by atoms with Crippen LogP contribution in [-0.2, 0) is 4.79 Å². The van der Waals surface area contributed by atoms with Crippen LogP contribution in [0.4, 0.5) is 0 Å². The van der Waals surface area contributed by atoms with Crippen LogP contribution in [-0.4, -0.2) is 11.3 Å². The first-order valence-electron chi connectivity index (χ1n) is 4.53. The number of aryl methyl sites for hydroxylation is 1. The van der Waals surface area contributed by atoms with Crippen molar-refractivity contribution in [3.05, 3.63) is 29.6 Å². The quantitative estimate of drug-likeness (QED) is 0.663. The molecule has 0 aliphatic carbocycles. The summed E-state index contributed by atoms with van der Waals surface area (Å²) in [6, 6.07) is 3.91. The van der Waals surface area contributed by atoms with Crippen LogP contribution in [0.15, 0.2) is 18.3 Å². The van der Waals surface area contributed by atoms with E-state index in [1.807, 2.05) is 32.9 Å². The predicted octanol–water partition coefficient (Wildman–Crippen LogP) is 2.33. The lowest BCUT2D eigenvalue weighted by Gasteiger charge is -2.13. The third-order valence-corrected chi connectivity index (χ3v) is 2.18. The summed E-state index contributed by atoms with van der Waals surface area (Å²) in [6.45, 7) is 6.02. The van der Waals surface area contributed by atoms with E-state index in [1.165, 1.54) is 0 Å². The van der Waals surface area contributed by atoms with Crippen molar-refractivity contribution in [2.75, 3.05) is 0 Å². The summed E-state index contributed by atoms with van der Waals surface area (Å²) in [6.07, 6.45) is 2.78. The molecular weight excluding hydrogens is 162 g/mol. The molecule has 1 unspecified atom stereocenters. The van der Waals surface area contributed by atoms with Crippen LogP contribution in [0.25, 0.3) is 0 Å². The van der Waals surface area contributed by atoms with Gasteiger partial charge < -0.3 is 4.79 Å². The number of carbonyl (C=O) groups is 1. The van der Waals surface area contributed by atoms with Crippen molar-refractivity contribution in [3.8, 4) is 0 Å². The van der Waals surface area contributed by atoms with E-state index in [4.69, 9.17) is 0 Å². The second-order valence-corrected chi connectivity index (χ2v) is 3.64. The molecule has 2 nitrogen and oxygen atoms in total. The highest BCUT2D eigenvalue weighted by Crippen LogP contribution is 2.21. The molecule has 0 spiro atoms. The topological polar surface area (TPSA) is 30.0 Å². The Labute approximate surface area is 79.0 Å². The van der Waals surface area contributed by atoms with Crippen LogP contribution >= 0.6 is 0 Å². The number of rotatable bonds is 3. The van der Waals surface area contributed by atoms with Crippen molar-refractivity contribution >= 4 is 6.29 Å². The molecule has 2 heteroatoms. The Kier molecular flexibility index (Phi) is 3.18. The molecule has 0 aromatic carbocycles. The highest BCUT2D eigenvalue weighted by atomic mass is 16.1. The molecule has 0 radical (unpaired) electrons. The van der Waals surface area contributed by atoms with Gasteiger partial charge in [0.15, 0.2) is 0 Å². The second kappa shape index (κ2) is 4.17. The average molecular weight is 177 g/mol. The third kappa shape index (κ3) is 2.38.